The first-order chi connectivity index (χ1) is 11.5. The summed E-state index contributed by atoms with van der Waals surface area (Å²) >= 11 is 6.22. The van der Waals surface area contributed by atoms with E-state index in [1.54, 1.807) is 0 Å². The molecule has 8 heteroatoms. The molecule has 1 fully saturated rings. The van der Waals surface area contributed by atoms with Crippen LogP contribution in [0.15, 0.2) is 12.4 Å². The van der Waals surface area contributed by atoms with E-state index < -0.39 is 5.60 Å². The van der Waals surface area contributed by atoms with E-state index >= 15 is 0 Å². The lowest BCUT2D eigenvalue weighted by Gasteiger charge is -2.33. The zero-order chi connectivity index (χ0) is 17.2. The number of hydrogen-bond donors (Lipinski definition) is 1. The molecule has 132 valence electrons. The summed E-state index contributed by atoms with van der Waals surface area (Å²) in [4.78, 5) is 8.39. The number of hydrogen-bond acceptors (Lipinski definition) is 5. The second-order valence-corrected chi connectivity index (χ2v) is 8.97. The zero-order valence-electron chi connectivity index (χ0n) is 14.0. The van der Waals surface area contributed by atoms with Crippen LogP contribution in [0.25, 0.3) is 11.0 Å². The first-order valence-corrected chi connectivity index (χ1v) is 10.5. The van der Waals surface area contributed by atoms with Gasteiger partial charge in [0.2, 0.25) is 0 Å². The van der Waals surface area contributed by atoms with Crippen molar-refractivity contribution in [2.45, 2.75) is 25.2 Å². The van der Waals surface area contributed by atoms with Crippen molar-refractivity contribution in [1.29, 1.82) is 0 Å². The summed E-state index contributed by atoms with van der Waals surface area (Å²) in [5, 5.41) is 12.2. The fourth-order valence-electron chi connectivity index (χ4n) is 2.90. The lowest BCUT2D eigenvalue weighted by molar-refractivity contribution is -0.0749. The van der Waals surface area contributed by atoms with Gasteiger partial charge in [0.1, 0.15) is 35.2 Å². The van der Waals surface area contributed by atoms with Gasteiger partial charge in [-0.05, 0) is 17.0 Å². The second kappa shape index (κ2) is 7.58. The highest BCUT2D eigenvalue weighted by atomic mass is 35.5. The van der Waals surface area contributed by atoms with Gasteiger partial charge in [-0.2, -0.15) is 0 Å². The van der Waals surface area contributed by atoms with Gasteiger partial charge in [-0.25, -0.2) is 9.97 Å². The van der Waals surface area contributed by atoms with E-state index in [2.05, 4.69) is 22.5 Å². The normalized spacial score (nSPS) is 17.7. The molecule has 6 nitrogen and oxygen atoms in total. The van der Waals surface area contributed by atoms with E-state index in [9.17, 15) is 5.11 Å². The molecule has 0 aliphatic carbocycles. The lowest BCUT2D eigenvalue weighted by atomic mass is 9.90. The molecule has 1 aliphatic rings. The van der Waals surface area contributed by atoms with Crippen LogP contribution in [0.5, 0.6) is 0 Å². The van der Waals surface area contributed by atoms with Crippen LogP contribution in [0.1, 0.15) is 18.5 Å². The third kappa shape index (κ3) is 3.70. The SMILES string of the molecule is C[S+](C)CCOCn1c(C2(O)CCOCC2)cc2c(Cl)ncnc21. The van der Waals surface area contributed by atoms with E-state index in [1.807, 2.05) is 10.6 Å². The van der Waals surface area contributed by atoms with Crippen molar-refractivity contribution in [1.82, 2.24) is 14.5 Å². The Morgan fingerprint density at radius 1 is 1.38 bits per heavy atom. The maximum absolute atomic E-state index is 11.1. The smallest absolute Gasteiger partial charge is 0.147 e. The van der Waals surface area contributed by atoms with E-state index in [4.69, 9.17) is 21.1 Å². The van der Waals surface area contributed by atoms with Gasteiger partial charge in [0.05, 0.1) is 30.2 Å². The van der Waals surface area contributed by atoms with Crippen LogP contribution in [0.2, 0.25) is 5.15 Å². The molecule has 1 saturated heterocycles. The Balaban J connectivity index is 1.94. The van der Waals surface area contributed by atoms with E-state index in [1.165, 1.54) is 6.33 Å². The minimum atomic E-state index is -0.953. The first kappa shape index (κ1) is 17.9. The maximum Gasteiger partial charge on any atom is 0.147 e. The van der Waals surface area contributed by atoms with Gasteiger partial charge in [-0.1, -0.05) is 11.6 Å². The number of ether oxygens (including phenoxy) is 2. The molecule has 2 aromatic rings. The van der Waals surface area contributed by atoms with Crippen molar-refractivity contribution in [3.8, 4) is 0 Å². The second-order valence-electron chi connectivity index (χ2n) is 6.23. The highest BCUT2D eigenvalue weighted by molar-refractivity contribution is 7.95. The summed E-state index contributed by atoms with van der Waals surface area (Å²) in [6.45, 7) is 2.08. The Morgan fingerprint density at radius 3 is 2.83 bits per heavy atom. The summed E-state index contributed by atoms with van der Waals surface area (Å²) in [5.41, 5.74) is 0.512. The fraction of sp³-hybridized carbons (Fsp3) is 0.625. The summed E-state index contributed by atoms with van der Waals surface area (Å²) < 4.78 is 13.1. The number of aromatic nitrogens is 3. The Hall–Kier alpha value is -0.860. The predicted molar refractivity (Wildman–Crippen MR) is 96.5 cm³/mol. The van der Waals surface area contributed by atoms with Crippen LogP contribution in [0.3, 0.4) is 0 Å². The van der Waals surface area contributed by atoms with E-state index in [0.717, 1.165) is 16.8 Å². The maximum atomic E-state index is 11.1. The monoisotopic (exact) mass is 372 g/mol. The molecule has 0 amide bonds. The summed E-state index contributed by atoms with van der Waals surface area (Å²) in [7, 11) is 0.341. The minimum absolute atomic E-state index is 0.340. The van der Waals surface area contributed by atoms with Gasteiger partial charge in [0.15, 0.2) is 0 Å². The number of nitrogens with zero attached hydrogens (tertiary/aromatic N) is 3. The molecule has 0 unspecified atom stereocenters. The van der Waals surface area contributed by atoms with Crippen molar-refractivity contribution in [3.05, 3.63) is 23.2 Å². The van der Waals surface area contributed by atoms with Crippen LogP contribution in [0, 0.1) is 0 Å². The number of fused-ring (bicyclic) bond motifs is 1. The standard InChI is InChI=1S/C16H23ClN3O3S/c1-24(2)8-7-23-11-20-13(16(21)3-5-22-6-4-16)9-12-14(17)18-10-19-15(12)20/h9-10,21H,3-8,11H2,1-2H3/q+1. The van der Waals surface area contributed by atoms with E-state index in [0.29, 0.717) is 61.1 Å². The van der Waals surface area contributed by atoms with Crippen LogP contribution in [0.4, 0.5) is 0 Å². The van der Waals surface area contributed by atoms with E-state index in [-0.39, 0.29) is 0 Å². The molecule has 0 bridgehead atoms. The summed E-state index contributed by atoms with van der Waals surface area (Å²) in [6.07, 6.45) is 6.91. The van der Waals surface area contributed by atoms with Crippen molar-refractivity contribution >= 4 is 33.5 Å². The molecule has 3 heterocycles. The molecule has 0 spiro atoms. The third-order valence-corrected chi connectivity index (χ3v) is 5.58. The highest BCUT2D eigenvalue weighted by Crippen LogP contribution is 2.36. The van der Waals surface area contributed by atoms with Crippen LogP contribution < -0.4 is 0 Å². The molecule has 0 aromatic carbocycles. The third-order valence-electron chi connectivity index (χ3n) is 4.29. The van der Waals surface area contributed by atoms with Crippen molar-refractivity contribution in [3.63, 3.8) is 0 Å². The number of rotatable bonds is 6. The molecule has 1 N–H and O–H groups in total. The van der Waals surface area contributed by atoms with Gasteiger partial charge in [-0.3, -0.25) is 0 Å². The van der Waals surface area contributed by atoms with Crippen LogP contribution >= 0.6 is 11.6 Å². The molecule has 2 aromatic heterocycles. The quantitative estimate of drug-likeness (QED) is 0.476. The Kier molecular flexibility index (Phi) is 5.66. The van der Waals surface area contributed by atoms with Crippen molar-refractivity contribution in [2.24, 2.45) is 0 Å². The number of aliphatic hydroxyl groups is 1. The van der Waals surface area contributed by atoms with Crippen LogP contribution in [-0.2, 0) is 32.7 Å². The molecule has 24 heavy (non-hydrogen) atoms. The van der Waals surface area contributed by atoms with Gasteiger partial charge < -0.3 is 19.1 Å². The minimum Gasteiger partial charge on any atom is -0.383 e. The fourth-order valence-corrected chi connectivity index (χ4v) is 3.53. The Labute approximate surface area is 149 Å². The predicted octanol–water partition coefficient (Wildman–Crippen LogP) is 1.93. The Bertz CT molecular complexity index is 701. The van der Waals surface area contributed by atoms with Crippen LogP contribution in [-0.4, -0.2) is 57.7 Å². The van der Waals surface area contributed by atoms with Gasteiger partial charge in [-0.15, -0.1) is 0 Å². The lowest BCUT2D eigenvalue weighted by Crippen LogP contribution is -2.35. The molecule has 0 radical (unpaired) electrons. The van der Waals surface area contributed by atoms with Crippen molar-refractivity contribution < 1.29 is 14.6 Å². The first-order valence-electron chi connectivity index (χ1n) is 7.93. The number of halogens is 1. The average molecular weight is 373 g/mol. The molecule has 3 rings (SSSR count). The summed E-state index contributed by atoms with van der Waals surface area (Å²) in [6, 6.07) is 1.89. The average Bonchev–Trinajstić information content (AvgIpc) is 2.93. The van der Waals surface area contributed by atoms with Crippen molar-refractivity contribution in [2.75, 3.05) is 38.1 Å². The molecular formula is C16H23ClN3O3S+. The highest BCUT2D eigenvalue weighted by Gasteiger charge is 2.36. The molecule has 1 aliphatic heterocycles. The van der Waals surface area contributed by atoms with Gasteiger partial charge >= 0.3 is 0 Å². The topological polar surface area (TPSA) is 69.4 Å². The van der Waals surface area contributed by atoms with Gasteiger partial charge in [0, 0.05) is 26.1 Å². The zero-order valence-corrected chi connectivity index (χ0v) is 15.6. The molecule has 0 saturated carbocycles. The Morgan fingerprint density at radius 2 is 2.12 bits per heavy atom. The van der Waals surface area contributed by atoms with Gasteiger partial charge in [0.25, 0.3) is 0 Å². The molecular weight excluding hydrogens is 350 g/mol. The summed E-state index contributed by atoms with van der Waals surface area (Å²) in [5.74, 6) is 1.02. The largest absolute Gasteiger partial charge is 0.383 e. The molecule has 0 atom stereocenters.